The Morgan fingerprint density at radius 1 is 1.00 bits per heavy atom. The maximum Gasteiger partial charge on any atom is 0.280 e. The number of amides is 1. The van der Waals surface area contributed by atoms with Crippen molar-refractivity contribution >= 4 is 48.8 Å². The van der Waals surface area contributed by atoms with E-state index in [1.165, 1.54) is 77.2 Å². The van der Waals surface area contributed by atoms with Crippen molar-refractivity contribution in [1.82, 2.24) is 9.29 Å². The van der Waals surface area contributed by atoms with Crippen LogP contribution in [0.5, 0.6) is 0 Å². The number of hydrogen-bond acceptors (Lipinski definition) is 6. The van der Waals surface area contributed by atoms with E-state index in [9.17, 15) is 22.0 Å². The molecule has 0 spiro atoms. The highest BCUT2D eigenvalue weighted by Gasteiger charge is 2.25. The zero-order valence-electron chi connectivity index (χ0n) is 20.8. The van der Waals surface area contributed by atoms with Gasteiger partial charge >= 0.3 is 0 Å². The molecule has 0 aliphatic rings. The Morgan fingerprint density at radius 2 is 1.68 bits per heavy atom. The maximum atomic E-state index is 13.7. The summed E-state index contributed by atoms with van der Waals surface area (Å²) in [5.74, 6) is -1.41. The number of carbonyl (C=O) groups is 1. The van der Waals surface area contributed by atoms with Gasteiger partial charge in [-0.25, -0.2) is 22.2 Å². The van der Waals surface area contributed by atoms with Crippen LogP contribution in [0.25, 0.3) is 10.2 Å². The molecule has 0 aliphatic carbocycles. The van der Waals surface area contributed by atoms with Crippen LogP contribution in [0.3, 0.4) is 0 Å². The van der Waals surface area contributed by atoms with Gasteiger partial charge in [0.1, 0.15) is 11.6 Å². The molecule has 38 heavy (non-hydrogen) atoms. The van der Waals surface area contributed by atoms with E-state index in [0.717, 1.165) is 29.2 Å². The van der Waals surface area contributed by atoms with Gasteiger partial charge < -0.3 is 0 Å². The molecule has 0 aliphatic heterocycles. The number of halogens is 2. The van der Waals surface area contributed by atoms with Gasteiger partial charge in [-0.3, -0.25) is 4.79 Å². The molecule has 0 saturated heterocycles. The fraction of sp³-hybridized carbons (Fsp3) is 0.222. The molecule has 4 aromatic rings. The van der Waals surface area contributed by atoms with Crippen molar-refractivity contribution in [2.24, 2.45) is 5.10 Å². The number of sulfonamides is 1. The van der Waals surface area contributed by atoms with Gasteiger partial charge in [0.05, 0.1) is 21.3 Å². The number of benzene rings is 3. The van der Waals surface area contributed by atoms with Gasteiger partial charge in [0.25, 0.3) is 5.91 Å². The quantitative estimate of drug-likeness (QED) is 0.175. The lowest BCUT2D eigenvalue weighted by Gasteiger charge is -2.20. The molecule has 1 amide bonds. The Balaban J connectivity index is 1.68. The number of thiazole rings is 1. The monoisotopic (exact) mass is 556 g/mol. The first-order valence-electron chi connectivity index (χ1n) is 12.0. The second kappa shape index (κ2) is 11.9. The minimum atomic E-state index is -3.71. The first kappa shape index (κ1) is 27.5. The highest BCUT2D eigenvalue weighted by atomic mass is 32.2. The largest absolute Gasteiger partial charge is 0.280 e. The number of carbonyl (C=O) groups excluding carboxylic acids is 1. The third-order valence-electron chi connectivity index (χ3n) is 5.76. The Hall–Kier alpha value is -3.54. The van der Waals surface area contributed by atoms with Crippen molar-refractivity contribution in [3.8, 4) is 0 Å². The first-order valence-corrected chi connectivity index (χ1v) is 14.3. The van der Waals surface area contributed by atoms with Crippen molar-refractivity contribution in [3.05, 3.63) is 89.5 Å². The van der Waals surface area contributed by atoms with Crippen LogP contribution in [0, 0.1) is 11.6 Å². The van der Waals surface area contributed by atoms with Gasteiger partial charge in [0, 0.05) is 18.7 Å². The Labute approximate surface area is 224 Å². The van der Waals surface area contributed by atoms with Crippen molar-refractivity contribution < 1.29 is 22.0 Å². The lowest BCUT2D eigenvalue weighted by atomic mass is 10.2. The molecule has 7 nitrogen and oxygen atoms in total. The summed E-state index contributed by atoms with van der Waals surface area (Å²) in [4.78, 5) is 18.1. The van der Waals surface area contributed by atoms with Crippen LogP contribution in [0.2, 0.25) is 0 Å². The van der Waals surface area contributed by atoms with E-state index in [0.29, 0.717) is 28.9 Å². The van der Waals surface area contributed by atoms with E-state index < -0.39 is 27.6 Å². The molecule has 1 aromatic heterocycles. The van der Waals surface area contributed by atoms with Gasteiger partial charge in [-0.2, -0.15) is 14.4 Å². The summed E-state index contributed by atoms with van der Waals surface area (Å²) in [6, 6.07) is 15.3. The third kappa shape index (κ3) is 6.12. The summed E-state index contributed by atoms with van der Waals surface area (Å²) in [7, 11) is -3.71. The third-order valence-corrected chi connectivity index (χ3v) is 8.74. The first-order chi connectivity index (χ1) is 18.2. The van der Waals surface area contributed by atoms with Crippen LogP contribution in [-0.4, -0.2) is 42.9 Å². The predicted octanol–water partition coefficient (Wildman–Crippen LogP) is 6.07. The molecular formula is C27H26F2N4O3S2. The molecule has 0 atom stereocenters. The summed E-state index contributed by atoms with van der Waals surface area (Å²) in [5.41, 5.74) is 1.22. The van der Waals surface area contributed by atoms with Crippen LogP contribution in [0.1, 0.15) is 42.6 Å². The molecule has 0 unspecified atom stereocenters. The summed E-state index contributed by atoms with van der Waals surface area (Å²) in [6.07, 6.45) is 3.00. The molecular weight excluding hydrogens is 530 g/mol. The fourth-order valence-corrected chi connectivity index (χ4v) is 6.10. The van der Waals surface area contributed by atoms with Crippen LogP contribution in [0.15, 0.2) is 76.7 Å². The minimum absolute atomic E-state index is 0.0869. The van der Waals surface area contributed by atoms with Gasteiger partial charge in [-0.05, 0) is 66.6 Å². The van der Waals surface area contributed by atoms with Gasteiger partial charge in [0.2, 0.25) is 15.2 Å². The second-order valence-corrected chi connectivity index (χ2v) is 11.3. The Morgan fingerprint density at radius 3 is 2.34 bits per heavy atom. The Kier molecular flexibility index (Phi) is 8.60. The molecule has 0 bridgehead atoms. The normalized spacial score (nSPS) is 12.0. The van der Waals surface area contributed by atoms with Gasteiger partial charge in [-0.15, -0.1) is 0 Å². The molecule has 198 valence electrons. The molecule has 0 saturated carbocycles. The maximum absolute atomic E-state index is 13.7. The second-order valence-electron chi connectivity index (χ2n) is 8.40. The van der Waals surface area contributed by atoms with Gasteiger partial charge in [0.15, 0.2) is 0 Å². The smallest absolute Gasteiger partial charge is 0.267 e. The lowest BCUT2D eigenvalue weighted by molar-refractivity contribution is 0.0987. The van der Waals surface area contributed by atoms with Crippen LogP contribution in [0.4, 0.5) is 13.9 Å². The standard InChI is InChI=1S/C27H26F2N4O3S2/c1-3-5-16-32(4-2)38(35,36)23-13-8-20(9-14-23)26(34)33(30-18-19-6-10-21(28)11-7-19)27-31-24-15-12-22(29)17-25(24)37-27/h6-15,17-18H,3-5,16H2,1-2H3/b30-18+. The van der Waals surface area contributed by atoms with Crippen LogP contribution in [-0.2, 0) is 10.0 Å². The number of hydrazone groups is 1. The van der Waals surface area contributed by atoms with E-state index in [1.807, 2.05) is 6.92 Å². The summed E-state index contributed by atoms with van der Waals surface area (Å²) in [5, 5.41) is 5.56. The van der Waals surface area contributed by atoms with Crippen molar-refractivity contribution in [2.75, 3.05) is 18.1 Å². The molecule has 11 heteroatoms. The Bertz CT molecular complexity index is 1550. The summed E-state index contributed by atoms with van der Waals surface area (Å²) in [6.45, 7) is 4.53. The zero-order valence-corrected chi connectivity index (χ0v) is 22.5. The molecule has 0 radical (unpaired) electrons. The van der Waals surface area contributed by atoms with Gasteiger partial charge in [-0.1, -0.05) is 43.7 Å². The van der Waals surface area contributed by atoms with E-state index in [1.54, 1.807) is 6.92 Å². The van der Waals surface area contributed by atoms with E-state index in [-0.39, 0.29) is 15.6 Å². The van der Waals surface area contributed by atoms with Crippen LogP contribution < -0.4 is 5.01 Å². The molecule has 0 N–H and O–H groups in total. The summed E-state index contributed by atoms with van der Waals surface area (Å²) < 4.78 is 55.1. The number of hydrogen-bond donors (Lipinski definition) is 0. The highest BCUT2D eigenvalue weighted by molar-refractivity contribution is 7.89. The van der Waals surface area contributed by atoms with Crippen LogP contribution >= 0.6 is 11.3 Å². The molecule has 0 fully saturated rings. The molecule has 4 rings (SSSR count). The number of nitrogens with zero attached hydrogens (tertiary/aromatic N) is 4. The van der Waals surface area contributed by atoms with E-state index >= 15 is 0 Å². The lowest BCUT2D eigenvalue weighted by Crippen LogP contribution is -2.32. The number of aromatic nitrogens is 1. The number of fused-ring (bicyclic) bond motifs is 1. The van der Waals surface area contributed by atoms with E-state index in [4.69, 9.17) is 0 Å². The number of unbranched alkanes of at least 4 members (excludes halogenated alkanes) is 1. The molecule has 1 heterocycles. The zero-order chi connectivity index (χ0) is 27.3. The number of anilines is 1. The predicted molar refractivity (Wildman–Crippen MR) is 146 cm³/mol. The average Bonchev–Trinajstić information content (AvgIpc) is 3.33. The molecule has 3 aromatic carbocycles. The van der Waals surface area contributed by atoms with Crippen molar-refractivity contribution in [3.63, 3.8) is 0 Å². The highest BCUT2D eigenvalue weighted by Crippen LogP contribution is 2.31. The SMILES string of the molecule is CCCCN(CC)S(=O)(=O)c1ccc(C(=O)N(/N=C/c2ccc(F)cc2)c2nc3ccc(F)cc3s2)cc1. The summed E-state index contributed by atoms with van der Waals surface area (Å²) >= 11 is 1.08. The minimum Gasteiger partial charge on any atom is -0.267 e. The van der Waals surface area contributed by atoms with Crippen molar-refractivity contribution in [2.45, 2.75) is 31.6 Å². The average molecular weight is 557 g/mol. The van der Waals surface area contributed by atoms with E-state index in [2.05, 4.69) is 10.1 Å². The van der Waals surface area contributed by atoms with Crippen molar-refractivity contribution in [1.29, 1.82) is 0 Å². The number of rotatable bonds is 10. The fourth-order valence-electron chi connectivity index (χ4n) is 3.66. The topological polar surface area (TPSA) is 82.9 Å².